The number of nitrogens with one attached hydrogen (secondary N) is 1. The summed E-state index contributed by atoms with van der Waals surface area (Å²) in [5.41, 5.74) is 2.31. The Morgan fingerprint density at radius 3 is 2.67 bits per heavy atom. The van der Waals surface area contributed by atoms with Crippen molar-refractivity contribution in [1.82, 2.24) is 0 Å². The van der Waals surface area contributed by atoms with Crippen molar-refractivity contribution in [2.45, 2.75) is 19.6 Å². The van der Waals surface area contributed by atoms with Gasteiger partial charge in [-0.15, -0.1) is 0 Å². The number of halogens is 1. The second kappa shape index (κ2) is 7.76. The van der Waals surface area contributed by atoms with E-state index < -0.39 is 6.10 Å². The number of aliphatic hydroxyl groups excluding tert-OH is 1. The molecule has 0 aliphatic heterocycles. The van der Waals surface area contributed by atoms with Crippen molar-refractivity contribution >= 4 is 5.69 Å². The molecule has 3 nitrogen and oxygen atoms in total. The van der Waals surface area contributed by atoms with E-state index in [9.17, 15) is 9.50 Å². The molecule has 2 aromatic carbocycles. The highest BCUT2D eigenvalue weighted by atomic mass is 19.1. The molecule has 0 aliphatic rings. The van der Waals surface area contributed by atoms with E-state index in [4.69, 9.17) is 4.74 Å². The Labute approximate surface area is 124 Å². The monoisotopic (exact) mass is 289 g/mol. The second-order valence-corrected chi connectivity index (χ2v) is 4.95. The summed E-state index contributed by atoms with van der Waals surface area (Å²) in [6.45, 7) is 2.72. The summed E-state index contributed by atoms with van der Waals surface area (Å²) in [5, 5.41) is 12.9. The van der Waals surface area contributed by atoms with Crippen molar-refractivity contribution in [2.75, 3.05) is 18.5 Å². The first-order valence-electron chi connectivity index (χ1n) is 6.95. The van der Waals surface area contributed by atoms with Gasteiger partial charge in [0, 0.05) is 17.8 Å². The van der Waals surface area contributed by atoms with Crippen LogP contribution in [0, 0.1) is 12.7 Å². The predicted molar refractivity (Wildman–Crippen MR) is 81.7 cm³/mol. The zero-order valence-electron chi connectivity index (χ0n) is 12.1. The summed E-state index contributed by atoms with van der Waals surface area (Å²) < 4.78 is 18.8. The van der Waals surface area contributed by atoms with Crippen LogP contribution in [0.25, 0.3) is 0 Å². The molecule has 0 bridgehead atoms. The quantitative estimate of drug-likeness (QED) is 0.823. The Morgan fingerprint density at radius 2 is 1.90 bits per heavy atom. The fourth-order valence-corrected chi connectivity index (χ4v) is 1.97. The fourth-order valence-electron chi connectivity index (χ4n) is 1.97. The number of aliphatic hydroxyl groups is 1. The van der Waals surface area contributed by atoms with Gasteiger partial charge in [0.2, 0.25) is 0 Å². The molecule has 21 heavy (non-hydrogen) atoms. The molecular formula is C17H20FNO2. The Balaban J connectivity index is 1.72. The van der Waals surface area contributed by atoms with Crippen LogP contribution in [0.4, 0.5) is 10.1 Å². The van der Waals surface area contributed by atoms with Gasteiger partial charge in [-0.25, -0.2) is 4.39 Å². The van der Waals surface area contributed by atoms with E-state index in [0.29, 0.717) is 24.4 Å². The van der Waals surface area contributed by atoms with Gasteiger partial charge in [-0.1, -0.05) is 36.4 Å². The minimum Gasteiger partial charge on any atom is -0.389 e. The molecule has 0 aliphatic carbocycles. The molecule has 0 aromatic heterocycles. The highest BCUT2D eigenvalue weighted by Gasteiger charge is 2.07. The lowest BCUT2D eigenvalue weighted by Crippen LogP contribution is -2.25. The third-order valence-corrected chi connectivity index (χ3v) is 3.22. The first-order chi connectivity index (χ1) is 10.2. The minimum absolute atomic E-state index is 0.232. The second-order valence-electron chi connectivity index (χ2n) is 4.95. The Hall–Kier alpha value is -1.91. The molecule has 0 spiro atoms. The molecule has 1 atom stereocenters. The van der Waals surface area contributed by atoms with Gasteiger partial charge in [0.05, 0.1) is 19.3 Å². The van der Waals surface area contributed by atoms with Crippen molar-refractivity contribution in [1.29, 1.82) is 0 Å². The highest BCUT2D eigenvalue weighted by Crippen LogP contribution is 2.17. The maximum atomic E-state index is 13.4. The van der Waals surface area contributed by atoms with Crippen molar-refractivity contribution < 1.29 is 14.2 Å². The van der Waals surface area contributed by atoms with E-state index in [1.54, 1.807) is 19.1 Å². The molecule has 2 rings (SSSR count). The van der Waals surface area contributed by atoms with Crippen LogP contribution >= 0.6 is 0 Å². The zero-order chi connectivity index (χ0) is 15.1. The lowest BCUT2D eigenvalue weighted by atomic mass is 10.2. The molecule has 0 saturated heterocycles. The summed E-state index contributed by atoms with van der Waals surface area (Å²) in [4.78, 5) is 0. The summed E-state index contributed by atoms with van der Waals surface area (Å²) >= 11 is 0. The molecule has 2 N–H and O–H groups in total. The van der Waals surface area contributed by atoms with E-state index in [1.807, 2.05) is 30.3 Å². The van der Waals surface area contributed by atoms with Crippen LogP contribution in [0.1, 0.15) is 11.1 Å². The lowest BCUT2D eigenvalue weighted by Gasteiger charge is -2.15. The molecule has 0 saturated carbocycles. The maximum Gasteiger partial charge on any atom is 0.128 e. The molecule has 1 unspecified atom stereocenters. The van der Waals surface area contributed by atoms with Crippen molar-refractivity contribution in [3.05, 3.63) is 65.5 Å². The van der Waals surface area contributed by atoms with Crippen LogP contribution in [0.2, 0.25) is 0 Å². The van der Waals surface area contributed by atoms with E-state index in [1.165, 1.54) is 6.07 Å². The molecule has 0 fully saturated rings. The van der Waals surface area contributed by atoms with Crippen molar-refractivity contribution in [3.8, 4) is 0 Å². The van der Waals surface area contributed by atoms with Crippen LogP contribution < -0.4 is 5.32 Å². The molecule has 4 heteroatoms. The van der Waals surface area contributed by atoms with Crippen LogP contribution in [0.3, 0.4) is 0 Å². The van der Waals surface area contributed by atoms with Crippen molar-refractivity contribution in [2.24, 2.45) is 0 Å². The fraction of sp³-hybridized carbons (Fsp3) is 0.294. The number of hydrogen-bond donors (Lipinski definition) is 2. The standard InChI is InChI=1S/C17H20FNO2/c1-13-16(18)8-5-9-17(13)19-10-15(20)12-21-11-14-6-3-2-4-7-14/h2-9,15,19-20H,10-12H2,1H3. The van der Waals surface area contributed by atoms with Gasteiger partial charge in [0.25, 0.3) is 0 Å². The number of anilines is 1. The Bertz CT molecular complexity index is 560. The summed E-state index contributed by atoms with van der Waals surface area (Å²) in [7, 11) is 0. The number of benzene rings is 2. The summed E-state index contributed by atoms with van der Waals surface area (Å²) in [5.74, 6) is -0.255. The predicted octanol–water partition coefficient (Wildman–Crippen LogP) is 3.12. The number of hydrogen-bond acceptors (Lipinski definition) is 3. The van der Waals surface area contributed by atoms with Gasteiger partial charge < -0.3 is 15.2 Å². The molecule has 2 aromatic rings. The molecule has 0 amide bonds. The van der Waals surface area contributed by atoms with Crippen molar-refractivity contribution in [3.63, 3.8) is 0 Å². The van der Waals surface area contributed by atoms with Crippen LogP contribution in [0.5, 0.6) is 0 Å². The van der Waals surface area contributed by atoms with Gasteiger partial charge in [-0.3, -0.25) is 0 Å². The average molecular weight is 289 g/mol. The van der Waals surface area contributed by atoms with Gasteiger partial charge in [0.1, 0.15) is 5.82 Å². The summed E-state index contributed by atoms with van der Waals surface area (Å²) in [6.07, 6.45) is -0.642. The lowest BCUT2D eigenvalue weighted by molar-refractivity contribution is 0.0348. The van der Waals surface area contributed by atoms with Gasteiger partial charge in [-0.05, 0) is 24.6 Å². The molecular weight excluding hydrogens is 269 g/mol. The van der Waals surface area contributed by atoms with E-state index in [-0.39, 0.29) is 12.4 Å². The largest absolute Gasteiger partial charge is 0.389 e. The van der Waals surface area contributed by atoms with Gasteiger partial charge >= 0.3 is 0 Å². The van der Waals surface area contributed by atoms with Crippen LogP contribution in [-0.2, 0) is 11.3 Å². The minimum atomic E-state index is -0.642. The third kappa shape index (κ3) is 4.85. The molecule has 0 radical (unpaired) electrons. The average Bonchev–Trinajstić information content (AvgIpc) is 2.50. The SMILES string of the molecule is Cc1c(F)cccc1NCC(O)COCc1ccccc1. The first-order valence-corrected chi connectivity index (χ1v) is 6.95. The van der Waals surface area contributed by atoms with E-state index >= 15 is 0 Å². The highest BCUT2D eigenvalue weighted by molar-refractivity contribution is 5.50. The van der Waals surface area contributed by atoms with Crippen LogP contribution in [0.15, 0.2) is 48.5 Å². The van der Waals surface area contributed by atoms with Gasteiger partial charge in [-0.2, -0.15) is 0 Å². The number of ether oxygens (including phenoxy) is 1. The molecule has 0 heterocycles. The topological polar surface area (TPSA) is 41.5 Å². The molecule has 112 valence electrons. The van der Waals surface area contributed by atoms with Crippen LogP contribution in [-0.4, -0.2) is 24.4 Å². The smallest absolute Gasteiger partial charge is 0.128 e. The van der Waals surface area contributed by atoms with Gasteiger partial charge in [0.15, 0.2) is 0 Å². The third-order valence-electron chi connectivity index (χ3n) is 3.22. The first kappa shape index (κ1) is 15.5. The van der Waals surface area contributed by atoms with E-state index in [2.05, 4.69) is 5.32 Å². The zero-order valence-corrected chi connectivity index (χ0v) is 12.1. The maximum absolute atomic E-state index is 13.4. The Kier molecular flexibility index (Phi) is 5.72. The van der Waals surface area contributed by atoms with E-state index in [0.717, 1.165) is 5.56 Å². The normalized spacial score (nSPS) is 12.1. The Morgan fingerprint density at radius 1 is 1.14 bits per heavy atom. The summed E-state index contributed by atoms with van der Waals surface area (Å²) in [6, 6.07) is 14.6. The number of rotatable bonds is 7.